The average molecular weight is 504 g/mol. The number of H-pyrrole nitrogens is 1. The molecule has 1 atom stereocenters. The summed E-state index contributed by atoms with van der Waals surface area (Å²) in [6, 6.07) is 9.57. The van der Waals surface area contributed by atoms with Gasteiger partial charge in [-0.2, -0.15) is 0 Å². The minimum absolute atomic E-state index is 0.129. The third-order valence-corrected chi connectivity index (χ3v) is 7.38. The van der Waals surface area contributed by atoms with Crippen LogP contribution in [-0.2, 0) is 11.3 Å². The number of carbonyl (C=O) groups is 1. The molecule has 196 valence electrons. The van der Waals surface area contributed by atoms with Crippen molar-refractivity contribution in [1.29, 1.82) is 0 Å². The van der Waals surface area contributed by atoms with Gasteiger partial charge >= 0.3 is 0 Å². The molecule has 8 nitrogen and oxygen atoms in total. The Morgan fingerprint density at radius 2 is 2.00 bits per heavy atom. The van der Waals surface area contributed by atoms with Crippen molar-refractivity contribution in [2.75, 3.05) is 43.1 Å². The topological polar surface area (TPSA) is 90.6 Å². The van der Waals surface area contributed by atoms with Crippen molar-refractivity contribution >= 4 is 28.3 Å². The number of ether oxygens (including phenoxy) is 1. The van der Waals surface area contributed by atoms with Crippen molar-refractivity contribution in [3.05, 3.63) is 63.6 Å². The number of aromatic nitrogens is 2. The van der Waals surface area contributed by atoms with Crippen LogP contribution in [0.4, 0.5) is 11.5 Å². The van der Waals surface area contributed by atoms with Crippen LogP contribution in [0.15, 0.2) is 41.3 Å². The summed E-state index contributed by atoms with van der Waals surface area (Å²) in [5, 5.41) is 4.02. The predicted octanol–water partition coefficient (Wildman–Crippen LogP) is 4.33. The minimum atomic E-state index is -0.164. The highest BCUT2D eigenvalue weighted by Crippen LogP contribution is 2.31. The number of nitrogens with one attached hydrogen (secondary N) is 2. The van der Waals surface area contributed by atoms with Gasteiger partial charge in [-0.3, -0.25) is 14.5 Å². The summed E-state index contributed by atoms with van der Waals surface area (Å²) in [5.74, 6) is 1.19. The second-order valence-electron chi connectivity index (χ2n) is 10.8. The first-order valence-corrected chi connectivity index (χ1v) is 13.4. The van der Waals surface area contributed by atoms with Crippen LogP contribution < -0.4 is 15.8 Å². The molecule has 37 heavy (non-hydrogen) atoms. The highest BCUT2D eigenvalue weighted by molar-refractivity contribution is 6.08. The average Bonchev–Trinajstić information content (AvgIpc) is 3.32. The zero-order valence-electron chi connectivity index (χ0n) is 22.0. The van der Waals surface area contributed by atoms with Crippen LogP contribution in [0.2, 0.25) is 0 Å². The minimum Gasteiger partial charge on any atom is -0.379 e. The second-order valence-corrected chi connectivity index (χ2v) is 10.8. The van der Waals surface area contributed by atoms with Crippen molar-refractivity contribution in [3.63, 3.8) is 0 Å². The van der Waals surface area contributed by atoms with Gasteiger partial charge in [0.2, 0.25) is 5.56 Å². The van der Waals surface area contributed by atoms with Gasteiger partial charge in [-0.15, -0.1) is 0 Å². The molecule has 2 aliphatic heterocycles. The Labute approximate surface area is 218 Å². The number of benzene rings is 1. The number of nitrogens with zero attached hydrogens (tertiary/aromatic N) is 3. The lowest BCUT2D eigenvalue weighted by Gasteiger charge is -2.30. The molecule has 2 aromatic heterocycles. The number of amides is 1. The number of anilines is 2. The van der Waals surface area contributed by atoms with E-state index in [1.165, 1.54) is 0 Å². The number of rotatable bonds is 7. The standard InChI is InChI=1S/C29H37N5O3/c1-19(2)13-23-5-4-8-34(23)28-25(15-21(17-30-28)18-33-9-11-37-12-10-33)29(36)31-22-6-7-26-24(16-22)20(3)14-27(35)32-26/h6-7,14-17,19,23H,4-5,8-13,18H2,1-3H3,(H,31,36)(H,32,35). The lowest BCUT2D eigenvalue weighted by molar-refractivity contribution is 0.0341. The van der Waals surface area contributed by atoms with Crippen molar-refractivity contribution in [3.8, 4) is 0 Å². The zero-order chi connectivity index (χ0) is 25.9. The molecule has 2 aliphatic rings. The van der Waals surface area contributed by atoms with Crippen LogP contribution >= 0.6 is 0 Å². The first kappa shape index (κ1) is 25.4. The monoisotopic (exact) mass is 503 g/mol. The molecule has 1 amide bonds. The molecule has 0 aliphatic carbocycles. The summed E-state index contributed by atoms with van der Waals surface area (Å²) in [7, 11) is 0. The molecule has 5 rings (SSSR count). The molecule has 0 spiro atoms. The van der Waals surface area contributed by atoms with E-state index in [2.05, 4.69) is 33.9 Å². The quantitative estimate of drug-likeness (QED) is 0.499. The van der Waals surface area contributed by atoms with Gasteiger partial charge in [0.25, 0.3) is 5.91 Å². The van der Waals surface area contributed by atoms with E-state index in [4.69, 9.17) is 9.72 Å². The largest absolute Gasteiger partial charge is 0.379 e. The van der Waals surface area contributed by atoms with Crippen LogP contribution in [0.5, 0.6) is 0 Å². The second kappa shape index (κ2) is 11.0. The Balaban J connectivity index is 1.46. The number of aromatic amines is 1. The Kier molecular flexibility index (Phi) is 7.58. The van der Waals surface area contributed by atoms with Crippen molar-refractivity contribution < 1.29 is 9.53 Å². The molecule has 0 saturated carbocycles. The molecule has 4 heterocycles. The van der Waals surface area contributed by atoms with Crippen LogP contribution in [0.1, 0.15) is 54.6 Å². The van der Waals surface area contributed by atoms with E-state index in [1.807, 2.05) is 37.4 Å². The SMILES string of the molecule is Cc1cc(=O)[nH]c2ccc(NC(=O)c3cc(CN4CCOCC4)cnc3N3CCCC3CC(C)C)cc12. The normalized spacial score (nSPS) is 18.6. The summed E-state index contributed by atoms with van der Waals surface area (Å²) >= 11 is 0. The molecule has 1 aromatic carbocycles. The van der Waals surface area contributed by atoms with Crippen molar-refractivity contribution in [2.24, 2.45) is 5.92 Å². The van der Waals surface area contributed by atoms with Crippen molar-refractivity contribution in [2.45, 2.75) is 52.6 Å². The molecular weight excluding hydrogens is 466 g/mol. The molecule has 0 bridgehead atoms. The fraction of sp³-hybridized carbons (Fsp3) is 0.483. The zero-order valence-corrected chi connectivity index (χ0v) is 22.0. The molecule has 2 fully saturated rings. The van der Waals surface area contributed by atoms with Crippen LogP contribution in [0, 0.1) is 12.8 Å². The van der Waals surface area contributed by atoms with Gasteiger partial charge in [-0.05, 0) is 67.5 Å². The fourth-order valence-corrected chi connectivity index (χ4v) is 5.60. The van der Waals surface area contributed by atoms with E-state index < -0.39 is 0 Å². The van der Waals surface area contributed by atoms with Gasteiger partial charge in [0.1, 0.15) is 5.82 Å². The molecule has 3 aromatic rings. The molecule has 1 unspecified atom stereocenters. The van der Waals surface area contributed by atoms with Gasteiger partial charge in [0, 0.05) is 61.1 Å². The Hall–Kier alpha value is -3.23. The maximum atomic E-state index is 13.8. The fourth-order valence-electron chi connectivity index (χ4n) is 5.60. The third-order valence-electron chi connectivity index (χ3n) is 7.38. The van der Waals surface area contributed by atoms with E-state index >= 15 is 0 Å². The number of aryl methyl sites for hydroxylation is 1. The Morgan fingerprint density at radius 1 is 1.19 bits per heavy atom. The first-order chi connectivity index (χ1) is 17.9. The third kappa shape index (κ3) is 5.86. The smallest absolute Gasteiger partial charge is 0.259 e. The van der Waals surface area contributed by atoms with Gasteiger partial charge in [-0.25, -0.2) is 4.98 Å². The highest BCUT2D eigenvalue weighted by Gasteiger charge is 2.30. The predicted molar refractivity (Wildman–Crippen MR) is 147 cm³/mol. The van der Waals surface area contributed by atoms with Crippen molar-refractivity contribution in [1.82, 2.24) is 14.9 Å². The summed E-state index contributed by atoms with van der Waals surface area (Å²) in [6.07, 6.45) is 5.25. The van der Waals surface area contributed by atoms with Crippen LogP contribution in [-0.4, -0.2) is 59.7 Å². The summed E-state index contributed by atoms with van der Waals surface area (Å²) in [6.45, 7) is 11.3. The molecule has 2 saturated heterocycles. The molecule has 8 heteroatoms. The lowest BCUT2D eigenvalue weighted by Crippen LogP contribution is -2.36. The van der Waals surface area contributed by atoms with Crippen LogP contribution in [0.25, 0.3) is 10.9 Å². The van der Waals surface area contributed by atoms with E-state index in [1.54, 1.807) is 6.07 Å². The summed E-state index contributed by atoms with van der Waals surface area (Å²) in [5.41, 5.74) is 3.83. The van der Waals surface area contributed by atoms with E-state index in [-0.39, 0.29) is 11.5 Å². The maximum absolute atomic E-state index is 13.8. The molecular formula is C29H37N5O3. The number of carbonyl (C=O) groups excluding carboxylic acids is 1. The van der Waals surface area contributed by atoms with Gasteiger partial charge in [-0.1, -0.05) is 13.8 Å². The van der Waals surface area contributed by atoms with Gasteiger partial charge < -0.3 is 19.9 Å². The van der Waals surface area contributed by atoms with E-state index in [0.29, 0.717) is 23.2 Å². The molecule has 0 radical (unpaired) electrons. The summed E-state index contributed by atoms with van der Waals surface area (Å²) in [4.78, 5) is 38.0. The molecule has 2 N–H and O–H groups in total. The van der Waals surface area contributed by atoms with E-state index in [0.717, 1.165) is 86.5 Å². The lowest BCUT2D eigenvalue weighted by atomic mass is 10.0. The number of morpholine rings is 1. The number of hydrogen-bond donors (Lipinski definition) is 2. The first-order valence-electron chi connectivity index (χ1n) is 13.4. The maximum Gasteiger partial charge on any atom is 0.259 e. The highest BCUT2D eigenvalue weighted by atomic mass is 16.5. The Morgan fingerprint density at radius 3 is 2.78 bits per heavy atom. The van der Waals surface area contributed by atoms with E-state index in [9.17, 15) is 9.59 Å². The van der Waals surface area contributed by atoms with Gasteiger partial charge in [0.05, 0.1) is 18.8 Å². The van der Waals surface area contributed by atoms with Gasteiger partial charge in [0.15, 0.2) is 0 Å². The number of pyridine rings is 2. The summed E-state index contributed by atoms with van der Waals surface area (Å²) < 4.78 is 5.49. The Bertz CT molecular complexity index is 1330. The number of fused-ring (bicyclic) bond motifs is 1. The number of hydrogen-bond acceptors (Lipinski definition) is 6. The van der Waals surface area contributed by atoms with Crippen LogP contribution in [0.3, 0.4) is 0 Å².